The summed E-state index contributed by atoms with van der Waals surface area (Å²) in [6, 6.07) is 10.4. The summed E-state index contributed by atoms with van der Waals surface area (Å²) in [6.45, 7) is 5.46. The number of fused-ring (bicyclic) bond motifs is 2. The first-order chi connectivity index (χ1) is 17.1. The first-order valence-corrected chi connectivity index (χ1v) is 12.4. The molecule has 9 heteroatoms. The molecule has 36 heavy (non-hydrogen) atoms. The molecule has 0 bridgehead atoms. The van der Waals surface area contributed by atoms with Gasteiger partial charge in [0.05, 0.1) is 5.69 Å². The standard InChI is InChI=1S/C21H25N5.C6H7F3O/c1-3-7-14(8-4-2)21-25-18(19-20(22)23-11-12-26(19)21)17-13-15-9-5-6-10-16(15)24-17;1-4(10)5(2-3-5)6(7,8)9/h5-6,9-14,24H,3-4,7-8H2,1-2H3,(H2,22,23);2-3H2,1H3. The molecule has 0 aliphatic heterocycles. The van der Waals surface area contributed by atoms with Crippen LogP contribution in [-0.4, -0.2) is 31.3 Å². The number of hydrogen-bond donors (Lipinski definition) is 2. The summed E-state index contributed by atoms with van der Waals surface area (Å²) < 4.78 is 37.9. The minimum Gasteiger partial charge on any atom is -0.382 e. The highest BCUT2D eigenvalue weighted by atomic mass is 19.4. The van der Waals surface area contributed by atoms with Crippen LogP contribution in [0.15, 0.2) is 42.7 Å². The second-order valence-electron chi connectivity index (χ2n) is 9.53. The largest absolute Gasteiger partial charge is 0.401 e. The smallest absolute Gasteiger partial charge is 0.382 e. The van der Waals surface area contributed by atoms with Crippen molar-refractivity contribution < 1.29 is 18.0 Å². The van der Waals surface area contributed by atoms with Gasteiger partial charge in [-0.15, -0.1) is 0 Å². The number of nitrogens with one attached hydrogen (secondary N) is 1. The van der Waals surface area contributed by atoms with Crippen molar-refractivity contribution in [2.45, 2.75) is 71.4 Å². The molecule has 4 aromatic rings. The number of anilines is 1. The van der Waals surface area contributed by atoms with Gasteiger partial charge in [-0.3, -0.25) is 9.20 Å². The summed E-state index contributed by atoms with van der Waals surface area (Å²) >= 11 is 0. The Hall–Kier alpha value is -3.36. The number of carbonyl (C=O) groups is 1. The van der Waals surface area contributed by atoms with Gasteiger partial charge in [-0.05, 0) is 44.7 Å². The van der Waals surface area contributed by atoms with Crippen molar-refractivity contribution in [3.05, 3.63) is 48.5 Å². The van der Waals surface area contributed by atoms with E-state index in [2.05, 4.69) is 46.4 Å². The lowest BCUT2D eigenvalue weighted by atomic mass is 9.97. The maximum Gasteiger partial charge on any atom is 0.401 e. The van der Waals surface area contributed by atoms with E-state index in [4.69, 9.17) is 10.7 Å². The third-order valence-electron chi connectivity index (χ3n) is 7.00. The van der Waals surface area contributed by atoms with Crippen LogP contribution in [0.3, 0.4) is 0 Å². The van der Waals surface area contributed by atoms with Crippen molar-refractivity contribution in [2.75, 3.05) is 5.73 Å². The normalized spacial score (nSPS) is 14.8. The number of benzene rings is 1. The fourth-order valence-corrected chi connectivity index (χ4v) is 4.82. The lowest BCUT2D eigenvalue weighted by molar-refractivity contribution is -0.189. The molecule has 3 aromatic heterocycles. The molecule has 3 N–H and O–H groups in total. The lowest BCUT2D eigenvalue weighted by Gasteiger charge is -2.14. The summed E-state index contributed by atoms with van der Waals surface area (Å²) in [6.07, 6.45) is 3.92. The van der Waals surface area contributed by atoms with Gasteiger partial charge in [0.2, 0.25) is 0 Å². The molecule has 1 aliphatic rings. The van der Waals surface area contributed by atoms with Gasteiger partial charge in [-0.2, -0.15) is 13.2 Å². The highest BCUT2D eigenvalue weighted by Gasteiger charge is 2.66. The molecular formula is C27H32F3N5O. The summed E-state index contributed by atoms with van der Waals surface area (Å²) in [5, 5.41) is 1.17. The van der Waals surface area contributed by atoms with Crippen LogP contribution in [0, 0.1) is 5.41 Å². The van der Waals surface area contributed by atoms with Crippen LogP contribution in [0.25, 0.3) is 27.8 Å². The van der Waals surface area contributed by atoms with Crippen LogP contribution in [0.5, 0.6) is 0 Å². The molecule has 0 radical (unpaired) electrons. The molecule has 5 rings (SSSR count). The van der Waals surface area contributed by atoms with Crippen LogP contribution in [0.1, 0.15) is 71.0 Å². The summed E-state index contributed by atoms with van der Waals surface area (Å²) in [5.41, 5.74) is 8.19. The molecular weight excluding hydrogens is 467 g/mol. The Kier molecular flexibility index (Phi) is 7.11. The third kappa shape index (κ3) is 4.70. The molecule has 0 atom stereocenters. The van der Waals surface area contributed by atoms with Gasteiger partial charge in [0.1, 0.15) is 34.1 Å². The van der Waals surface area contributed by atoms with Crippen molar-refractivity contribution in [1.82, 2.24) is 19.4 Å². The molecule has 6 nitrogen and oxygen atoms in total. The Labute approximate surface area is 208 Å². The summed E-state index contributed by atoms with van der Waals surface area (Å²) in [7, 11) is 0. The van der Waals surface area contributed by atoms with E-state index >= 15 is 0 Å². The molecule has 1 saturated carbocycles. The highest BCUT2D eigenvalue weighted by Crippen LogP contribution is 2.58. The Balaban J connectivity index is 0.000000256. The number of nitrogen functional groups attached to an aromatic ring is 1. The second kappa shape index (κ2) is 9.95. The molecule has 0 unspecified atom stereocenters. The number of nitrogens with zero attached hydrogens (tertiary/aromatic N) is 3. The first-order valence-electron chi connectivity index (χ1n) is 12.4. The Morgan fingerprint density at radius 3 is 2.39 bits per heavy atom. The second-order valence-corrected chi connectivity index (χ2v) is 9.53. The maximum absolute atomic E-state index is 11.9. The van der Waals surface area contributed by atoms with Crippen molar-refractivity contribution in [2.24, 2.45) is 5.41 Å². The van der Waals surface area contributed by atoms with Gasteiger partial charge < -0.3 is 10.7 Å². The fraction of sp³-hybridized carbons (Fsp3) is 0.444. The number of imidazole rings is 1. The number of halogens is 3. The Bertz CT molecular complexity index is 1330. The van der Waals surface area contributed by atoms with E-state index in [9.17, 15) is 18.0 Å². The highest BCUT2D eigenvalue weighted by molar-refractivity contribution is 5.91. The summed E-state index contributed by atoms with van der Waals surface area (Å²) in [5.74, 6) is 1.29. The fourth-order valence-electron chi connectivity index (χ4n) is 4.82. The number of aromatic amines is 1. The zero-order valence-electron chi connectivity index (χ0n) is 20.8. The van der Waals surface area contributed by atoms with Crippen molar-refractivity contribution in [3.8, 4) is 11.4 Å². The number of para-hydroxylation sites is 1. The van der Waals surface area contributed by atoms with Gasteiger partial charge in [0.25, 0.3) is 0 Å². The van der Waals surface area contributed by atoms with E-state index < -0.39 is 17.4 Å². The number of rotatable bonds is 7. The molecule has 192 valence electrons. The van der Waals surface area contributed by atoms with E-state index in [0.29, 0.717) is 11.7 Å². The van der Waals surface area contributed by atoms with Crippen LogP contribution in [0.4, 0.5) is 19.0 Å². The van der Waals surface area contributed by atoms with Crippen LogP contribution >= 0.6 is 0 Å². The van der Waals surface area contributed by atoms with Crippen molar-refractivity contribution >= 4 is 28.0 Å². The quantitative estimate of drug-likeness (QED) is 0.285. The number of carbonyl (C=O) groups excluding carboxylic acids is 1. The number of H-pyrrole nitrogens is 1. The van der Waals surface area contributed by atoms with E-state index in [1.807, 2.05) is 18.3 Å². The van der Waals surface area contributed by atoms with E-state index in [1.165, 1.54) is 5.39 Å². The molecule has 1 aliphatic carbocycles. The number of Topliss-reactive ketones (excluding diaryl/α,β-unsaturated/α-hetero) is 1. The molecule has 0 spiro atoms. The van der Waals surface area contributed by atoms with E-state index in [-0.39, 0.29) is 12.8 Å². The van der Waals surface area contributed by atoms with Gasteiger partial charge in [0.15, 0.2) is 0 Å². The van der Waals surface area contributed by atoms with Gasteiger partial charge in [-0.25, -0.2) is 9.97 Å². The molecule has 1 aromatic carbocycles. The third-order valence-corrected chi connectivity index (χ3v) is 7.00. The van der Waals surface area contributed by atoms with Crippen LogP contribution in [0.2, 0.25) is 0 Å². The minimum absolute atomic E-state index is 0.0220. The summed E-state index contributed by atoms with van der Waals surface area (Å²) in [4.78, 5) is 23.3. The maximum atomic E-state index is 11.9. The minimum atomic E-state index is -4.32. The Morgan fingerprint density at radius 1 is 1.19 bits per heavy atom. The Morgan fingerprint density at radius 2 is 1.86 bits per heavy atom. The van der Waals surface area contributed by atoms with Gasteiger partial charge in [0, 0.05) is 29.2 Å². The average molecular weight is 500 g/mol. The van der Waals surface area contributed by atoms with Gasteiger partial charge >= 0.3 is 6.18 Å². The SMILES string of the molecule is CC(=O)C1(C(F)(F)F)CC1.CCCC(CCC)c1nc(-c2cc3ccccc3[nH]2)c2c(N)nccn12. The number of nitrogens with two attached hydrogens (primary N) is 1. The van der Waals surface area contributed by atoms with E-state index in [1.54, 1.807) is 6.20 Å². The van der Waals surface area contributed by atoms with Gasteiger partial charge in [-0.1, -0.05) is 44.9 Å². The molecule has 3 heterocycles. The zero-order valence-corrected chi connectivity index (χ0v) is 20.8. The zero-order chi connectivity index (χ0) is 26.1. The predicted octanol–water partition coefficient (Wildman–Crippen LogP) is 7.06. The molecule has 0 saturated heterocycles. The number of hydrogen-bond acceptors (Lipinski definition) is 4. The monoisotopic (exact) mass is 499 g/mol. The van der Waals surface area contributed by atoms with Crippen LogP contribution < -0.4 is 5.73 Å². The predicted molar refractivity (Wildman–Crippen MR) is 136 cm³/mol. The van der Waals surface area contributed by atoms with Crippen LogP contribution in [-0.2, 0) is 4.79 Å². The number of ketones is 1. The number of aromatic nitrogens is 4. The number of alkyl halides is 3. The first kappa shape index (κ1) is 25.7. The van der Waals surface area contributed by atoms with Crippen molar-refractivity contribution in [3.63, 3.8) is 0 Å². The lowest BCUT2D eigenvalue weighted by Crippen LogP contribution is -2.30. The molecule has 1 fully saturated rings. The van der Waals surface area contributed by atoms with E-state index in [0.717, 1.165) is 60.9 Å². The van der Waals surface area contributed by atoms with Crippen molar-refractivity contribution in [1.29, 1.82) is 0 Å². The average Bonchev–Trinajstić information content (AvgIpc) is 3.42. The topological polar surface area (TPSA) is 89.1 Å². The molecule has 0 amide bonds.